The Morgan fingerprint density at radius 2 is 1.95 bits per heavy atom. The monoisotopic (exact) mass is 310 g/mol. The lowest BCUT2D eigenvalue weighted by Gasteiger charge is -2.13. The Kier molecular flexibility index (Phi) is 5.79. The summed E-state index contributed by atoms with van der Waals surface area (Å²) in [4.78, 5) is 0.404. The Labute approximate surface area is 128 Å². The summed E-state index contributed by atoms with van der Waals surface area (Å²) in [5.74, 6) is 0.699. The fourth-order valence-electron chi connectivity index (χ4n) is 3.02. The quantitative estimate of drug-likeness (QED) is 0.814. The van der Waals surface area contributed by atoms with Crippen LogP contribution in [-0.2, 0) is 16.6 Å². The number of hydrogen-bond acceptors (Lipinski definition) is 3. The lowest BCUT2D eigenvalue weighted by atomic mass is 10.1. The standard InChI is InChI=1S/C16H26N2O2S/c1-13-7-8-15(12-17-2)11-16(13)21(19,20)18-10-9-14-5-3-4-6-14/h7-8,11,14,17-18H,3-6,9-10,12H2,1-2H3. The van der Waals surface area contributed by atoms with Gasteiger partial charge in [0.25, 0.3) is 0 Å². The van der Waals surface area contributed by atoms with Crippen LogP contribution >= 0.6 is 0 Å². The van der Waals surface area contributed by atoms with Crippen LogP contribution < -0.4 is 10.0 Å². The van der Waals surface area contributed by atoms with Gasteiger partial charge in [0.2, 0.25) is 10.0 Å². The molecule has 0 heterocycles. The Balaban J connectivity index is 2.02. The summed E-state index contributed by atoms with van der Waals surface area (Å²) in [6.07, 6.45) is 6.04. The molecule has 21 heavy (non-hydrogen) atoms. The summed E-state index contributed by atoms with van der Waals surface area (Å²) in [6, 6.07) is 5.60. The van der Waals surface area contributed by atoms with Gasteiger partial charge in [-0.1, -0.05) is 37.8 Å². The molecule has 0 saturated heterocycles. The van der Waals surface area contributed by atoms with E-state index in [9.17, 15) is 8.42 Å². The molecule has 5 heteroatoms. The van der Waals surface area contributed by atoms with Gasteiger partial charge in [0, 0.05) is 13.1 Å². The van der Waals surface area contributed by atoms with E-state index in [-0.39, 0.29) is 0 Å². The molecule has 0 unspecified atom stereocenters. The SMILES string of the molecule is CNCc1ccc(C)c(S(=O)(=O)NCCC2CCCC2)c1. The first-order chi connectivity index (χ1) is 10.0. The highest BCUT2D eigenvalue weighted by atomic mass is 32.2. The van der Waals surface area contributed by atoms with Crippen LogP contribution in [0.25, 0.3) is 0 Å². The van der Waals surface area contributed by atoms with Crippen LogP contribution in [0.3, 0.4) is 0 Å². The second-order valence-electron chi connectivity index (χ2n) is 5.97. The van der Waals surface area contributed by atoms with Gasteiger partial charge in [0.15, 0.2) is 0 Å². The molecule has 1 aromatic rings. The van der Waals surface area contributed by atoms with Crippen LogP contribution in [0.4, 0.5) is 0 Å². The first-order valence-electron chi connectivity index (χ1n) is 7.77. The summed E-state index contributed by atoms with van der Waals surface area (Å²) in [5.41, 5.74) is 1.78. The molecule has 0 amide bonds. The van der Waals surface area contributed by atoms with Crippen molar-refractivity contribution in [1.82, 2.24) is 10.0 Å². The average Bonchev–Trinajstić information content (AvgIpc) is 2.94. The minimum atomic E-state index is -3.40. The van der Waals surface area contributed by atoms with E-state index in [2.05, 4.69) is 10.0 Å². The highest BCUT2D eigenvalue weighted by Gasteiger charge is 2.19. The molecule has 2 rings (SSSR count). The molecular weight excluding hydrogens is 284 g/mol. The molecule has 0 aromatic heterocycles. The minimum Gasteiger partial charge on any atom is -0.316 e. The van der Waals surface area contributed by atoms with Gasteiger partial charge in [-0.15, -0.1) is 0 Å². The van der Waals surface area contributed by atoms with Gasteiger partial charge in [-0.05, 0) is 43.5 Å². The molecular formula is C16H26N2O2S. The van der Waals surface area contributed by atoms with Crippen molar-refractivity contribution in [3.05, 3.63) is 29.3 Å². The summed E-state index contributed by atoms with van der Waals surface area (Å²) in [7, 11) is -1.55. The molecule has 0 spiro atoms. The normalized spacial score (nSPS) is 16.5. The van der Waals surface area contributed by atoms with Crippen LogP contribution in [-0.4, -0.2) is 22.0 Å². The summed E-state index contributed by atoms with van der Waals surface area (Å²) in [6.45, 7) is 3.06. The summed E-state index contributed by atoms with van der Waals surface area (Å²) >= 11 is 0. The maximum absolute atomic E-state index is 12.5. The van der Waals surface area contributed by atoms with Crippen molar-refractivity contribution in [1.29, 1.82) is 0 Å². The fraction of sp³-hybridized carbons (Fsp3) is 0.625. The predicted octanol–water partition coefficient (Wildman–Crippen LogP) is 2.57. The zero-order valence-corrected chi connectivity index (χ0v) is 13.8. The zero-order valence-electron chi connectivity index (χ0n) is 13.0. The van der Waals surface area contributed by atoms with Crippen molar-refractivity contribution in [3.63, 3.8) is 0 Å². The fourth-order valence-corrected chi connectivity index (χ4v) is 4.36. The van der Waals surface area contributed by atoms with Crippen molar-refractivity contribution >= 4 is 10.0 Å². The topological polar surface area (TPSA) is 58.2 Å². The van der Waals surface area contributed by atoms with E-state index in [4.69, 9.17) is 0 Å². The smallest absolute Gasteiger partial charge is 0.240 e. The molecule has 0 bridgehead atoms. The van der Waals surface area contributed by atoms with Crippen molar-refractivity contribution < 1.29 is 8.42 Å². The molecule has 4 nitrogen and oxygen atoms in total. The summed E-state index contributed by atoms with van der Waals surface area (Å²) in [5, 5.41) is 3.05. The van der Waals surface area contributed by atoms with E-state index in [0.29, 0.717) is 23.9 Å². The molecule has 1 aliphatic carbocycles. The Hall–Kier alpha value is -0.910. The molecule has 118 valence electrons. The van der Waals surface area contributed by atoms with Crippen LogP contribution in [0.15, 0.2) is 23.1 Å². The van der Waals surface area contributed by atoms with Crippen LogP contribution in [0, 0.1) is 12.8 Å². The average molecular weight is 310 g/mol. The highest BCUT2D eigenvalue weighted by Crippen LogP contribution is 2.27. The van der Waals surface area contributed by atoms with Crippen molar-refractivity contribution in [3.8, 4) is 0 Å². The van der Waals surface area contributed by atoms with Gasteiger partial charge in [-0.3, -0.25) is 0 Å². The van der Waals surface area contributed by atoms with Crippen molar-refractivity contribution in [2.24, 2.45) is 5.92 Å². The van der Waals surface area contributed by atoms with Gasteiger partial charge in [0.05, 0.1) is 4.90 Å². The highest BCUT2D eigenvalue weighted by molar-refractivity contribution is 7.89. The number of aryl methyl sites for hydroxylation is 1. The molecule has 1 saturated carbocycles. The van der Waals surface area contributed by atoms with E-state index in [0.717, 1.165) is 17.5 Å². The van der Waals surface area contributed by atoms with E-state index in [1.54, 1.807) is 6.07 Å². The van der Waals surface area contributed by atoms with E-state index < -0.39 is 10.0 Å². The van der Waals surface area contributed by atoms with Gasteiger partial charge >= 0.3 is 0 Å². The number of rotatable bonds is 7. The van der Waals surface area contributed by atoms with Gasteiger partial charge in [0.1, 0.15) is 0 Å². The molecule has 2 N–H and O–H groups in total. The second kappa shape index (κ2) is 7.38. The van der Waals surface area contributed by atoms with Crippen LogP contribution in [0.1, 0.15) is 43.2 Å². The van der Waals surface area contributed by atoms with Crippen molar-refractivity contribution in [2.75, 3.05) is 13.6 Å². The van der Waals surface area contributed by atoms with Gasteiger partial charge in [-0.25, -0.2) is 13.1 Å². The number of sulfonamides is 1. The molecule has 1 aromatic carbocycles. The molecule has 1 aliphatic rings. The Morgan fingerprint density at radius 3 is 2.62 bits per heavy atom. The molecule has 0 radical (unpaired) electrons. The lowest BCUT2D eigenvalue weighted by Crippen LogP contribution is -2.26. The van der Waals surface area contributed by atoms with Crippen LogP contribution in [0.2, 0.25) is 0 Å². The third-order valence-corrected chi connectivity index (χ3v) is 5.85. The van der Waals surface area contributed by atoms with E-state index in [1.165, 1.54) is 25.7 Å². The Morgan fingerprint density at radius 1 is 1.24 bits per heavy atom. The minimum absolute atomic E-state index is 0.404. The molecule has 0 atom stereocenters. The van der Waals surface area contributed by atoms with Gasteiger partial charge in [-0.2, -0.15) is 0 Å². The first-order valence-corrected chi connectivity index (χ1v) is 9.25. The Bertz CT molecular complexity index is 564. The zero-order chi connectivity index (χ0) is 15.3. The van der Waals surface area contributed by atoms with E-state index in [1.807, 2.05) is 26.1 Å². The van der Waals surface area contributed by atoms with E-state index >= 15 is 0 Å². The first kappa shape index (κ1) is 16.5. The van der Waals surface area contributed by atoms with Crippen molar-refractivity contribution in [2.45, 2.75) is 50.5 Å². The predicted molar refractivity (Wildman–Crippen MR) is 85.7 cm³/mol. The third-order valence-electron chi connectivity index (χ3n) is 4.24. The molecule has 0 aliphatic heterocycles. The van der Waals surface area contributed by atoms with Crippen LogP contribution in [0.5, 0.6) is 0 Å². The number of hydrogen-bond donors (Lipinski definition) is 2. The maximum atomic E-state index is 12.5. The third kappa shape index (κ3) is 4.53. The molecule has 1 fully saturated rings. The maximum Gasteiger partial charge on any atom is 0.240 e. The second-order valence-corrected chi connectivity index (χ2v) is 7.70. The number of nitrogens with one attached hydrogen (secondary N) is 2. The van der Waals surface area contributed by atoms with Gasteiger partial charge < -0.3 is 5.32 Å². The lowest BCUT2D eigenvalue weighted by molar-refractivity contribution is 0.495. The largest absolute Gasteiger partial charge is 0.316 e. The summed E-state index contributed by atoms with van der Waals surface area (Å²) < 4.78 is 27.7. The number of benzene rings is 1.